The van der Waals surface area contributed by atoms with E-state index in [-0.39, 0.29) is 0 Å². The fraction of sp³-hybridized carbons (Fsp3) is 0.273. The Kier molecular flexibility index (Phi) is 3.05. The molecule has 1 amide bonds. The Morgan fingerprint density at radius 2 is 2.44 bits per heavy atom. The molecule has 16 heavy (non-hydrogen) atoms. The predicted octanol–water partition coefficient (Wildman–Crippen LogP) is 2.52. The summed E-state index contributed by atoms with van der Waals surface area (Å²) in [5.41, 5.74) is 2.27. The number of aromatic amines is 1. The number of rotatable bonds is 3. The summed E-state index contributed by atoms with van der Waals surface area (Å²) in [6, 6.07) is 5.53. The molecule has 0 atom stereocenters. The minimum Gasteiger partial charge on any atom is -0.449 e. The van der Waals surface area contributed by atoms with E-state index in [1.807, 2.05) is 19.1 Å². The average Bonchev–Trinajstić information content (AvgIpc) is 2.75. The van der Waals surface area contributed by atoms with Gasteiger partial charge in [-0.3, -0.25) is 5.32 Å². The summed E-state index contributed by atoms with van der Waals surface area (Å²) in [5.74, 6) is 0. The topological polar surface area (TPSA) is 67.0 Å². The molecule has 84 valence electrons. The second-order valence-electron chi connectivity index (χ2n) is 3.37. The second-order valence-corrected chi connectivity index (χ2v) is 3.37. The van der Waals surface area contributed by atoms with Crippen molar-refractivity contribution in [2.45, 2.75) is 13.3 Å². The van der Waals surface area contributed by atoms with E-state index in [2.05, 4.69) is 15.3 Å². The van der Waals surface area contributed by atoms with Gasteiger partial charge in [0.15, 0.2) is 0 Å². The van der Waals surface area contributed by atoms with E-state index in [0.29, 0.717) is 12.3 Å². The molecule has 2 rings (SSSR count). The van der Waals surface area contributed by atoms with E-state index in [1.165, 1.54) is 0 Å². The largest absolute Gasteiger partial charge is 0.449 e. The minimum absolute atomic E-state index is 0.419. The number of para-hydroxylation sites is 1. The number of amides is 1. The van der Waals surface area contributed by atoms with Crippen LogP contribution in [-0.2, 0) is 4.74 Å². The molecule has 1 heterocycles. The lowest BCUT2D eigenvalue weighted by atomic mass is 10.3. The van der Waals surface area contributed by atoms with Gasteiger partial charge in [-0.15, -0.1) is 0 Å². The molecule has 0 aliphatic heterocycles. The Morgan fingerprint density at radius 1 is 1.56 bits per heavy atom. The van der Waals surface area contributed by atoms with Gasteiger partial charge in [-0.25, -0.2) is 9.78 Å². The Balaban J connectivity index is 2.14. The zero-order valence-electron chi connectivity index (χ0n) is 8.99. The van der Waals surface area contributed by atoms with Crippen LogP contribution in [0.5, 0.6) is 0 Å². The number of aromatic nitrogens is 2. The lowest BCUT2D eigenvalue weighted by Crippen LogP contribution is -2.14. The minimum atomic E-state index is -0.447. The van der Waals surface area contributed by atoms with Gasteiger partial charge in [0.1, 0.15) is 5.52 Å². The molecule has 5 nitrogen and oxygen atoms in total. The van der Waals surface area contributed by atoms with E-state index in [0.717, 1.165) is 17.5 Å². The fourth-order valence-corrected chi connectivity index (χ4v) is 1.41. The summed E-state index contributed by atoms with van der Waals surface area (Å²) in [6.07, 6.45) is 1.95. The molecule has 1 aromatic carbocycles. The quantitative estimate of drug-likeness (QED) is 0.833. The maximum absolute atomic E-state index is 11.4. The molecule has 0 unspecified atom stereocenters. The summed E-state index contributed by atoms with van der Waals surface area (Å²) in [6.45, 7) is 2.37. The van der Waals surface area contributed by atoms with E-state index in [1.54, 1.807) is 12.4 Å². The van der Waals surface area contributed by atoms with Crippen molar-refractivity contribution in [2.24, 2.45) is 0 Å². The third kappa shape index (κ3) is 2.13. The van der Waals surface area contributed by atoms with Crippen LogP contribution in [0.25, 0.3) is 11.0 Å². The Bertz CT molecular complexity index is 493. The molecule has 2 aromatic rings. The molecule has 0 spiro atoms. The lowest BCUT2D eigenvalue weighted by Gasteiger charge is -2.06. The molecule has 0 saturated carbocycles. The molecule has 0 aliphatic carbocycles. The normalized spacial score (nSPS) is 10.3. The van der Waals surface area contributed by atoms with E-state index < -0.39 is 6.09 Å². The van der Waals surface area contributed by atoms with Gasteiger partial charge in [0, 0.05) is 0 Å². The first-order chi connectivity index (χ1) is 7.81. The van der Waals surface area contributed by atoms with Gasteiger partial charge in [-0.1, -0.05) is 13.0 Å². The van der Waals surface area contributed by atoms with Crippen molar-refractivity contribution in [3.8, 4) is 0 Å². The predicted molar refractivity (Wildman–Crippen MR) is 61.4 cm³/mol. The van der Waals surface area contributed by atoms with Crippen molar-refractivity contribution in [3.63, 3.8) is 0 Å². The first-order valence-corrected chi connectivity index (χ1v) is 5.17. The lowest BCUT2D eigenvalue weighted by molar-refractivity contribution is 0.162. The molecule has 0 bridgehead atoms. The number of carbonyl (C=O) groups is 1. The van der Waals surface area contributed by atoms with Gasteiger partial charge in [0.25, 0.3) is 0 Å². The van der Waals surface area contributed by atoms with Crippen LogP contribution < -0.4 is 5.32 Å². The van der Waals surface area contributed by atoms with Gasteiger partial charge in [-0.2, -0.15) is 0 Å². The highest BCUT2D eigenvalue weighted by molar-refractivity contribution is 5.96. The number of hydrogen-bond donors (Lipinski definition) is 2. The van der Waals surface area contributed by atoms with E-state index in [4.69, 9.17) is 4.74 Å². The Morgan fingerprint density at radius 3 is 3.25 bits per heavy atom. The van der Waals surface area contributed by atoms with Crippen molar-refractivity contribution in [3.05, 3.63) is 24.5 Å². The van der Waals surface area contributed by atoms with Crippen molar-refractivity contribution in [2.75, 3.05) is 11.9 Å². The van der Waals surface area contributed by atoms with Crippen molar-refractivity contribution >= 4 is 22.8 Å². The van der Waals surface area contributed by atoms with E-state index in [9.17, 15) is 4.79 Å². The number of nitrogens with zero attached hydrogens (tertiary/aromatic N) is 1. The van der Waals surface area contributed by atoms with Crippen LogP contribution in [0, 0.1) is 0 Å². The number of benzene rings is 1. The average molecular weight is 219 g/mol. The summed E-state index contributed by atoms with van der Waals surface area (Å²) >= 11 is 0. The van der Waals surface area contributed by atoms with E-state index >= 15 is 0 Å². The first kappa shape index (κ1) is 10.5. The van der Waals surface area contributed by atoms with Gasteiger partial charge in [0.05, 0.1) is 24.1 Å². The number of imidazole rings is 1. The van der Waals surface area contributed by atoms with Crippen LogP contribution in [0.2, 0.25) is 0 Å². The van der Waals surface area contributed by atoms with Crippen LogP contribution >= 0.6 is 0 Å². The van der Waals surface area contributed by atoms with Crippen molar-refractivity contribution in [1.82, 2.24) is 9.97 Å². The van der Waals surface area contributed by atoms with Gasteiger partial charge < -0.3 is 9.72 Å². The highest BCUT2D eigenvalue weighted by atomic mass is 16.5. The molecule has 2 N–H and O–H groups in total. The number of anilines is 1. The summed E-state index contributed by atoms with van der Waals surface area (Å²) in [5, 5.41) is 2.66. The van der Waals surface area contributed by atoms with Crippen LogP contribution in [0.3, 0.4) is 0 Å². The number of nitrogens with one attached hydrogen (secondary N) is 2. The van der Waals surface area contributed by atoms with Gasteiger partial charge in [0.2, 0.25) is 0 Å². The van der Waals surface area contributed by atoms with Crippen LogP contribution in [0.4, 0.5) is 10.5 Å². The summed E-state index contributed by atoms with van der Waals surface area (Å²) in [7, 11) is 0. The fourth-order valence-electron chi connectivity index (χ4n) is 1.41. The van der Waals surface area contributed by atoms with Crippen molar-refractivity contribution < 1.29 is 9.53 Å². The summed E-state index contributed by atoms with van der Waals surface area (Å²) < 4.78 is 4.93. The zero-order chi connectivity index (χ0) is 11.4. The molecule has 5 heteroatoms. The maximum atomic E-state index is 11.4. The molecule has 0 fully saturated rings. The first-order valence-electron chi connectivity index (χ1n) is 5.17. The number of hydrogen-bond acceptors (Lipinski definition) is 3. The second kappa shape index (κ2) is 4.65. The SMILES string of the molecule is CCCOC(=O)Nc1cccc2[nH]cnc12. The van der Waals surface area contributed by atoms with Crippen LogP contribution in [0.1, 0.15) is 13.3 Å². The number of carbonyl (C=O) groups excluding carboxylic acids is 1. The van der Waals surface area contributed by atoms with Gasteiger partial charge >= 0.3 is 6.09 Å². The third-order valence-electron chi connectivity index (χ3n) is 2.12. The third-order valence-corrected chi connectivity index (χ3v) is 2.12. The highest BCUT2D eigenvalue weighted by Crippen LogP contribution is 2.19. The molecule has 0 radical (unpaired) electrons. The van der Waals surface area contributed by atoms with Crippen LogP contribution in [0.15, 0.2) is 24.5 Å². The molecular weight excluding hydrogens is 206 g/mol. The number of H-pyrrole nitrogens is 1. The molecular formula is C11H13N3O2. The number of ether oxygens (including phenoxy) is 1. The monoisotopic (exact) mass is 219 g/mol. The van der Waals surface area contributed by atoms with Gasteiger partial charge in [-0.05, 0) is 18.6 Å². The zero-order valence-corrected chi connectivity index (χ0v) is 8.99. The molecule has 0 aliphatic rings. The van der Waals surface area contributed by atoms with Crippen LogP contribution in [-0.4, -0.2) is 22.7 Å². The highest BCUT2D eigenvalue weighted by Gasteiger charge is 2.07. The Hall–Kier alpha value is -2.04. The molecule has 0 saturated heterocycles. The summed E-state index contributed by atoms with van der Waals surface area (Å²) in [4.78, 5) is 18.5. The van der Waals surface area contributed by atoms with Crippen molar-refractivity contribution in [1.29, 1.82) is 0 Å². The maximum Gasteiger partial charge on any atom is 0.411 e. The number of fused-ring (bicyclic) bond motifs is 1. The molecule has 1 aromatic heterocycles. The standard InChI is InChI=1S/C11H13N3O2/c1-2-6-16-11(15)14-9-5-3-4-8-10(9)13-7-12-8/h3-5,7H,2,6H2,1H3,(H,12,13)(H,14,15). The smallest absolute Gasteiger partial charge is 0.411 e. The Labute approximate surface area is 92.8 Å².